The van der Waals surface area contributed by atoms with Crippen LogP contribution in [-0.2, 0) is 13.0 Å². The van der Waals surface area contributed by atoms with Crippen molar-refractivity contribution in [2.45, 2.75) is 26.5 Å². The number of pyridine rings is 1. The van der Waals surface area contributed by atoms with Gasteiger partial charge in [0, 0.05) is 44.2 Å². The van der Waals surface area contributed by atoms with Crippen LogP contribution < -0.4 is 24.8 Å². The third-order valence-electron chi connectivity index (χ3n) is 4.26. The Morgan fingerprint density at radius 1 is 1.25 bits per heavy atom. The average Bonchev–Trinajstić information content (AvgIpc) is 3.12. The number of guanidine groups is 1. The minimum absolute atomic E-state index is 0.0367. The van der Waals surface area contributed by atoms with E-state index in [9.17, 15) is 8.78 Å². The van der Waals surface area contributed by atoms with Crippen molar-refractivity contribution in [3.8, 4) is 17.2 Å². The van der Waals surface area contributed by atoms with E-state index < -0.39 is 6.61 Å². The van der Waals surface area contributed by atoms with Crippen molar-refractivity contribution in [2.24, 2.45) is 4.99 Å². The van der Waals surface area contributed by atoms with Crippen LogP contribution in [0.25, 0.3) is 0 Å². The molecule has 3 rings (SSSR count). The second-order valence-electron chi connectivity index (χ2n) is 6.10. The van der Waals surface area contributed by atoms with Crippen molar-refractivity contribution >= 4 is 5.96 Å². The molecule has 2 heterocycles. The van der Waals surface area contributed by atoms with Gasteiger partial charge in [0.15, 0.2) is 17.5 Å². The minimum Gasteiger partial charge on any atom is -0.454 e. The van der Waals surface area contributed by atoms with Crippen LogP contribution in [-0.4, -0.2) is 37.9 Å². The molecule has 0 saturated heterocycles. The maximum absolute atomic E-state index is 12.7. The van der Waals surface area contributed by atoms with Crippen molar-refractivity contribution in [3.05, 3.63) is 47.3 Å². The standard InChI is InChI=1S/C19H22F2N4O3/c1-12-9-23-5-3-13(12)4-6-24-19(22-2)25-10-14-7-16-17(27-11-26-16)8-15(14)28-18(20)21/h3,5,7-9,18H,4,6,10-11H2,1-2H3,(H2,22,24,25). The molecule has 1 aromatic carbocycles. The van der Waals surface area contributed by atoms with Crippen LogP contribution in [0.3, 0.4) is 0 Å². The second kappa shape index (κ2) is 9.20. The molecule has 0 saturated carbocycles. The lowest BCUT2D eigenvalue weighted by molar-refractivity contribution is -0.0505. The van der Waals surface area contributed by atoms with E-state index in [0.29, 0.717) is 29.6 Å². The number of halogens is 2. The average molecular weight is 392 g/mol. The highest BCUT2D eigenvalue weighted by molar-refractivity contribution is 5.79. The summed E-state index contributed by atoms with van der Waals surface area (Å²) in [7, 11) is 1.64. The van der Waals surface area contributed by atoms with Crippen molar-refractivity contribution in [1.82, 2.24) is 15.6 Å². The van der Waals surface area contributed by atoms with Gasteiger partial charge in [-0.3, -0.25) is 9.98 Å². The molecule has 9 heteroatoms. The van der Waals surface area contributed by atoms with Gasteiger partial charge in [0.1, 0.15) is 5.75 Å². The number of nitrogens with zero attached hydrogens (tertiary/aromatic N) is 2. The summed E-state index contributed by atoms with van der Waals surface area (Å²) in [6, 6.07) is 5.02. The molecule has 1 aliphatic rings. The van der Waals surface area contributed by atoms with Gasteiger partial charge in [0.05, 0.1) is 0 Å². The number of ether oxygens (including phenoxy) is 3. The van der Waals surface area contributed by atoms with E-state index in [1.54, 1.807) is 19.3 Å². The van der Waals surface area contributed by atoms with Crippen LogP contribution in [0.1, 0.15) is 16.7 Å². The van der Waals surface area contributed by atoms with Crippen molar-refractivity contribution in [1.29, 1.82) is 0 Å². The number of alkyl halides is 2. The summed E-state index contributed by atoms with van der Waals surface area (Å²) in [6.45, 7) is 0.0242. The monoisotopic (exact) mass is 392 g/mol. The highest BCUT2D eigenvalue weighted by Crippen LogP contribution is 2.38. The van der Waals surface area contributed by atoms with Gasteiger partial charge < -0.3 is 24.8 Å². The molecular formula is C19H22F2N4O3. The number of benzene rings is 1. The van der Waals surface area contributed by atoms with E-state index in [-0.39, 0.29) is 19.1 Å². The Morgan fingerprint density at radius 3 is 2.75 bits per heavy atom. The maximum atomic E-state index is 12.7. The first kappa shape index (κ1) is 19.7. The third-order valence-corrected chi connectivity index (χ3v) is 4.26. The van der Waals surface area contributed by atoms with E-state index in [1.807, 2.05) is 19.2 Å². The molecule has 0 atom stereocenters. The first-order chi connectivity index (χ1) is 13.6. The molecule has 0 amide bonds. The van der Waals surface area contributed by atoms with Gasteiger partial charge in [-0.25, -0.2) is 0 Å². The number of nitrogens with one attached hydrogen (secondary N) is 2. The number of aromatic nitrogens is 1. The van der Waals surface area contributed by atoms with Crippen molar-refractivity contribution in [3.63, 3.8) is 0 Å². The number of fused-ring (bicyclic) bond motifs is 1. The van der Waals surface area contributed by atoms with E-state index in [1.165, 1.54) is 11.6 Å². The van der Waals surface area contributed by atoms with Gasteiger partial charge in [0.25, 0.3) is 0 Å². The van der Waals surface area contributed by atoms with Crippen LogP contribution in [0, 0.1) is 6.92 Å². The highest BCUT2D eigenvalue weighted by Gasteiger charge is 2.20. The molecule has 2 N–H and O–H groups in total. The topological polar surface area (TPSA) is 77.0 Å². The first-order valence-electron chi connectivity index (χ1n) is 8.78. The van der Waals surface area contributed by atoms with Gasteiger partial charge in [-0.1, -0.05) is 0 Å². The Kier molecular flexibility index (Phi) is 6.46. The Morgan fingerprint density at radius 2 is 2.04 bits per heavy atom. The lowest BCUT2D eigenvalue weighted by Crippen LogP contribution is -2.38. The van der Waals surface area contributed by atoms with Crippen molar-refractivity contribution in [2.75, 3.05) is 20.4 Å². The quantitative estimate of drug-likeness (QED) is 0.557. The Balaban J connectivity index is 1.59. The summed E-state index contributed by atoms with van der Waals surface area (Å²) in [5.41, 5.74) is 2.83. The lowest BCUT2D eigenvalue weighted by atomic mass is 10.1. The Bertz CT molecular complexity index is 846. The molecule has 2 aromatic rings. The summed E-state index contributed by atoms with van der Waals surface area (Å²) >= 11 is 0. The van der Waals surface area contributed by atoms with Gasteiger partial charge in [-0.2, -0.15) is 8.78 Å². The highest BCUT2D eigenvalue weighted by atomic mass is 19.3. The van der Waals surface area contributed by atoms with E-state index in [0.717, 1.165) is 12.0 Å². The van der Waals surface area contributed by atoms with Crippen LogP contribution >= 0.6 is 0 Å². The minimum atomic E-state index is -2.93. The molecule has 0 spiro atoms. The predicted octanol–water partition coefficient (Wildman–Crippen LogP) is 2.63. The second-order valence-corrected chi connectivity index (χ2v) is 6.10. The molecule has 1 aromatic heterocycles. The van der Waals surface area contributed by atoms with Crippen molar-refractivity contribution < 1.29 is 23.0 Å². The molecule has 0 aliphatic carbocycles. The van der Waals surface area contributed by atoms with Crippen LogP contribution in [0.15, 0.2) is 35.6 Å². The molecule has 150 valence electrons. The smallest absolute Gasteiger partial charge is 0.387 e. The first-order valence-corrected chi connectivity index (χ1v) is 8.78. The van der Waals surface area contributed by atoms with E-state index in [2.05, 4.69) is 25.3 Å². The summed E-state index contributed by atoms with van der Waals surface area (Å²) in [6.07, 6.45) is 4.39. The van der Waals surface area contributed by atoms with Gasteiger partial charge in [-0.05, 0) is 36.6 Å². The number of aryl methyl sites for hydroxylation is 1. The summed E-state index contributed by atoms with van der Waals surface area (Å²) < 4.78 is 40.6. The van der Waals surface area contributed by atoms with Crippen LogP contribution in [0.4, 0.5) is 8.78 Å². The van der Waals surface area contributed by atoms with E-state index >= 15 is 0 Å². The molecule has 0 unspecified atom stereocenters. The number of hydrogen-bond donors (Lipinski definition) is 2. The van der Waals surface area contributed by atoms with E-state index in [4.69, 9.17) is 9.47 Å². The third kappa shape index (κ3) is 4.99. The fourth-order valence-electron chi connectivity index (χ4n) is 2.81. The molecule has 0 fully saturated rings. The summed E-state index contributed by atoms with van der Waals surface area (Å²) in [5, 5.41) is 6.30. The fourth-order valence-corrected chi connectivity index (χ4v) is 2.81. The number of rotatable bonds is 7. The van der Waals surface area contributed by atoms with Gasteiger partial charge in [0.2, 0.25) is 6.79 Å². The molecule has 0 radical (unpaired) electrons. The fraction of sp³-hybridized carbons (Fsp3) is 0.368. The Hall–Kier alpha value is -3.10. The maximum Gasteiger partial charge on any atom is 0.387 e. The molecule has 28 heavy (non-hydrogen) atoms. The van der Waals surface area contributed by atoms with Gasteiger partial charge in [-0.15, -0.1) is 0 Å². The summed E-state index contributed by atoms with van der Waals surface area (Å²) in [5.74, 6) is 1.46. The zero-order chi connectivity index (χ0) is 19.9. The number of hydrogen-bond acceptors (Lipinski definition) is 5. The zero-order valence-electron chi connectivity index (χ0n) is 15.7. The molecule has 0 bridgehead atoms. The summed E-state index contributed by atoms with van der Waals surface area (Å²) in [4.78, 5) is 8.24. The van der Waals surface area contributed by atoms with Crippen LogP contribution in [0.2, 0.25) is 0 Å². The normalized spacial score (nSPS) is 13.0. The SMILES string of the molecule is CN=C(NCCc1ccncc1C)NCc1cc2c(cc1OC(F)F)OCO2. The molecule has 7 nitrogen and oxygen atoms in total. The molecular weight excluding hydrogens is 370 g/mol. The van der Waals surface area contributed by atoms with Gasteiger partial charge >= 0.3 is 6.61 Å². The predicted molar refractivity (Wildman–Crippen MR) is 100 cm³/mol. The zero-order valence-corrected chi connectivity index (χ0v) is 15.7. The molecule has 1 aliphatic heterocycles. The largest absolute Gasteiger partial charge is 0.454 e. The van der Waals surface area contributed by atoms with Crippen LogP contribution in [0.5, 0.6) is 17.2 Å². The Labute approximate surface area is 161 Å². The number of aliphatic imine (C=N–C) groups is 1. The lowest BCUT2D eigenvalue weighted by Gasteiger charge is -2.15.